The van der Waals surface area contributed by atoms with Crippen molar-refractivity contribution in [2.75, 3.05) is 6.54 Å². The van der Waals surface area contributed by atoms with E-state index in [1.54, 1.807) is 0 Å². The Bertz CT molecular complexity index is 205. The second kappa shape index (κ2) is 5.05. The van der Waals surface area contributed by atoms with Gasteiger partial charge in [-0.05, 0) is 0 Å². The van der Waals surface area contributed by atoms with E-state index in [9.17, 15) is 4.79 Å². The number of nitrogens with one attached hydrogen (secondary N) is 1. The smallest absolute Gasteiger partial charge is 0.305 e. The molecule has 0 aliphatic carbocycles. The first-order valence-corrected chi connectivity index (χ1v) is 2.84. The van der Waals surface area contributed by atoms with Crippen LogP contribution < -0.4 is 11.1 Å². The van der Waals surface area contributed by atoms with Gasteiger partial charge >= 0.3 is 5.97 Å². The largest absolute Gasteiger partial charge is 0.481 e. The van der Waals surface area contributed by atoms with Gasteiger partial charge in [0.1, 0.15) is 0 Å². The molecule has 0 bridgehead atoms. The molecule has 0 rings (SSSR count). The summed E-state index contributed by atoms with van der Waals surface area (Å²) in [6.45, 7) is 0.173. The number of nitrogens with zero attached hydrogens (tertiary/aromatic N) is 2. The standard InChI is InChI=1S/C5H8N4O2/c6-3-9-5(7)8-2-1-4(10)11/h1-2H2,(H,10,11)(H3,7,8,9). The predicted octanol–water partition coefficient (Wildman–Crippen LogP) is -1.15. The Balaban J connectivity index is 3.48. The average Bonchev–Trinajstić information content (AvgIpc) is 1.87. The van der Waals surface area contributed by atoms with Gasteiger partial charge in [0.15, 0.2) is 0 Å². The molecule has 0 saturated heterocycles. The maximum Gasteiger partial charge on any atom is 0.305 e. The van der Waals surface area contributed by atoms with Gasteiger partial charge in [0.05, 0.1) is 6.42 Å². The number of rotatable bonds is 3. The fraction of sp³-hybridized carbons (Fsp3) is 0.400. The fourth-order valence-corrected chi connectivity index (χ4v) is 0.391. The highest BCUT2D eigenvalue weighted by atomic mass is 16.4. The molecule has 0 aromatic heterocycles. The summed E-state index contributed by atoms with van der Waals surface area (Å²) in [7, 11) is 0. The first-order chi connectivity index (χ1) is 5.16. The topological polar surface area (TPSA) is 112 Å². The van der Waals surface area contributed by atoms with Gasteiger partial charge in [0.2, 0.25) is 12.2 Å². The molecule has 0 fully saturated rings. The molecule has 6 nitrogen and oxygen atoms in total. The van der Waals surface area contributed by atoms with Gasteiger partial charge in [-0.3, -0.25) is 4.79 Å². The lowest BCUT2D eigenvalue weighted by Gasteiger charge is -1.99. The molecule has 0 unspecified atom stereocenters. The third kappa shape index (κ3) is 6.11. The number of carboxylic acid groups (broad SMARTS) is 1. The second-order valence-corrected chi connectivity index (χ2v) is 1.67. The Kier molecular flexibility index (Phi) is 4.24. The molecule has 0 aromatic rings. The van der Waals surface area contributed by atoms with E-state index in [-0.39, 0.29) is 18.9 Å². The van der Waals surface area contributed by atoms with Gasteiger partial charge in [-0.15, -0.1) is 4.99 Å². The molecule has 60 valence electrons. The van der Waals surface area contributed by atoms with Crippen LogP contribution in [0.15, 0.2) is 4.99 Å². The van der Waals surface area contributed by atoms with Crippen LogP contribution in [0, 0.1) is 11.5 Å². The number of guanidine groups is 1. The maximum atomic E-state index is 9.95. The molecule has 4 N–H and O–H groups in total. The van der Waals surface area contributed by atoms with Crippen LogP contribution in [0.2, 0.25) is 0 Å². The van der Waals surface area contributed by atoms with E-state index in [0.29, 0.717) is 0 Å². The van der Waals surface area contributed by atoms with E-state index in [0.717, 1.165) is 0 Å². The van der Waals surface area contributed by atoms with Gasteiger partial charge in [-0.1, -0.05) is 0 Å². The van der Waals surface area contributed by atoms with Crippen molar-refractivity contribution < 1.29 is 9.90 Å². The normalized spacial score (nSPS) is 10.3. The predicted molar refractivity (Wildman–Crippen MR) is 37.5 cm³/mol. The van der Waals surface area contributed by atoms with Crippen LogP contribution in [0.4, 0.5) is 0 Å². The third-order valence-corrected chi connectivity index (χ3v) is 0.815. The molecular weight excluding hydrogens is 148 g/mol. The van der Waals surface area contributed by atoms with Gasteiger partial charge in [0.25, 0.3) is 0 Å². The number of hydrogen-bond acceptors (Lipinski definition) is 3. The number of nitrogens with two attached hydrogens (primary N) is 1. The first kappa shape index (κ1) is 9.23. The van der Waals surface area contributed by atoms with Gasteiger partial charge < -0.3 is 16.2 Å². The van der Waals surface area contributed by atoms with Crippen molar-refractivity contribution in [3.8, 4) is 6.19 Å². The van der Waals surface area contributed by atoms with Gasteiger partial charge in [-0.25, -0.2) is 0 Å². The van der Waals surface area contributed by atoms with Crippen molar-refractivity contribution in [3.63, 3.8) is 0 Å². The molecule has 11 heavy (non-hydrogen) atoms. The van der Waals surface area contributed by atoms with Gasteiger partial charge in [-0.2, -0.15) is 5.26 Å². The minimum absolute atomic E-state index is 0.0539. The van der Waals surface area contributed by atoms with Crippen LogP contribution in [0.3, 0.4) is 0 Å². The van der Waals surface area contributed by atoms with E-state index in [4.69, 9.17) is 16.1 Å². The fourth-order valence-electron chi connectivity index (χ4n) is 0.391. The van der Waals surface area contributed by atoms with Crippen LogP contribution >= 0.6 is 0 Å². The summed E-state index contributed by atoms with van der Waals surface area (Å²) in [4.78, 5) is 13.1. The summed E-state index contributed by atoms with van der Waals surface area (Å²) in [5.41, 5.74) is 5.09. The Morgan fingerprint density at radius 2 is 2.45 bits per heavy atom. The van der Waals surface area contributed by atoms with Crippen molar-refractivity contribution in [1.29, 1.82) is 5.26 Å². The van der Waals surface area contributed by atoms with Gasteiger partial charge in [0, 0.05) is 6.54 Å². The first-order valence-electron chi connectivity index (χ1n) is 2.84. The lowest BCUT2D eigenvalue weighted by Crippen LogP contribution is -2.32. The summed E-state index contributed by atoms with van der Waals surface area (Å²) >= 11 is 0. The van der Waals surface area contributed by atoms with E-state index < -0.39 is 5.97 Å². The molecular formula is C5H8N4O2. The zero-order chi connectivity index (χ0) is 8.69. The molecule has 0 aliphatic heterocycles. The monoisotopic (exact) mass is 156 g/mol. The number of hydrogen-bond donors (Lipinski definition) is 3. The molecule has 0 aromatic carbocycles. The lowest BCUT2D eigenvalue weighted by molar-refractivity contribution is -0.136. The van der Waals surface area contributed by atoms with Crippen molar-refractivity contribution in [2.24, 2.45) is 10.7 Å². The molecule has 0 radical (unpaired) electrons. The Morgan fingerprint density at radius 3 is 2.91 bits per heavy atom. The van der Waals surface area contributed by atoms with E-state index in [1.165, 1.54) is 6.19 Å². The number of aliphatic imine (C=N–C) groups is 1. The highest BCUT2D eigenvalue weighted by Gasteiger charge is 1.95. The molecule has 0 saturated carbocycles. The quantitative estimate of drug-likeness (QED) is 0.271. The van der Waals surface area contributed by atoms with Crippen LogP contribution in [0.5, 0.6) is 0 Å². The molecule has 0 spiro atoms. The van der Waals surface area contributed by atoms with Crippen molar-refractivity contribution >= 4 is 11.9 Å². The minimum atomic E-state index is -0.928. The summed E-state index contributed by atoms with van der Waals surface area (Å²) < 4.78 is 0. The Morgan fingerprint density at radius 1 is 1.82 bits per heavy atom. The van der Waals surface area contributed by atoms with Crippen LogP contribution in [0.1, 0.15) is 6.42 Å². The van der Waals surface area contributed by atoms with Crippen molar-refractivity contribution in [1.82, 2.24) is 5.32 Å². The highest BCUT2D eigenvalue weighted by molar-refractivity contribution is 5.79. The molecule has 6 heteroatoms. The highest BCUT2D eigenvalue weighted by Crippen LogP contribution is 1.74. The van der Waals surface area contributed by atoms with E-state index in [1.807, 2.05) is 0 Å². The average molecular weight is 156 g/mol. The Hall–Kier alpha value is -1.77. The molecule has 0 amide bonds. The van der Waals surface area contributed by atoms with Crippen molar-refractivity contribution in [3.05, 3.63) is 0 Å². The number of nitriles is 1. The van der Waals surface area contributed by atoms with Crippen LogP contribution in [-0.4, -0.2) is 23.6 Å². The number of carboxylic acids is 1. The zero-order valence-electron chi connectivity index (χ0n) is 5.74. The summed E-state index contributed by atoms with van der Waals surface area (Å²) in [6, 6.07) is 0. The molecule has 0 heterocycles. The lowest BCUT2D eigenvalue weighted by atomic mass is 10.4. The summed E-state index contributed by atoms with van der Waals surface area (Å²) in [5.74, 6) is -0.990. The SMILES string of the molecule is N#C/N=C(\N)NCCC(=O)O. The number of aliphatic carboxylic acids is 1. The number of carbonyl (C=O) groups is 1. The second-order valence-electron chi connectivity index (χ2n) is 1.67. The van der Waals surface area contributed by atoms with Crippen LogP contribution in [-0.2, 0) is 4.79 Å². The summed E-state index contributed by atoms with van der Waals surface area (Å²) in [6.07, 6.45) is 1.40. The third-order valence-electron chi connectivity index (χ3n) is 0.815. The molecule has 0 atom stereocenters. The van der Waals surface area contributed by atoms with E-state index in [2.05, 4.69) is 10.3 Å². The van der Waals surface area contributed by atoms with Crippen LogP contribution in [0.25, 0.3) is 0 Å². The van der Waals surface area contributed by atoms with Crippen molar-refractivity contribution in [2.45, 2.75) is 6.42 Å². The van der Waals surface area contributed by atoms with E-state index >= 15 is 0 Å². The molecule has 0 aliphatic rings. The zero-order valence-corrected chi connectivity index (χ0v) is 5.74. The minimum Gasteiger partial charge on any atom is -0.481 e. The maximum absolute atomic E-state index is 9.95. The summed E-state index contributed by atoms with van der Waals surface area (Å²) in [5, 5.41) is 18.6. The Labute approximate surface area is 63.3 Å².